The Kier molecular flexibility index (Phi) is 3.23. The molecule has 0 aliphatic carbocycles. The molecule has 5 nitrogen and oxygen atoms in total. The van der Waals surface area contributed by atoms with Crippen LogP contribution in [0.5, 0.6) is 0 Å². The number of aromatic nitrogens is 3. The fraction of sp³-hybridized carbons (Fsp3) is 0.0714. The number of halogens is 1. The van der Waals surface area contributed by atoms with E-state index in [9.17, 15) is 0 Å². The number of hydrogen-bond donors (Lipinski definition) is 0. The molecule has 2 aromatic heterocycles. The third kappa shape index (κ3) is 2.29. The molecule has 3 rings (SSSR count). The monoisotopic (exact) mass is 284 g/mol. The average molecular weight is 285 g/mol. The maximum absolute atomic E-state index is 9.11. The molecule has 0 spiro atoms. The molecular formula is C14H9ClN4O. The molecule has 0 aliphatic heterocycles. The topological polar surface area (TPSA) is 67.6 Å². The number of rotatable bonds is 3. The van der Waals surface area contributed by atoms with Crippen molar-refractivity contribution in [1.82, 2.24) is 15.0 Å². The van der Waals surface area contributed by atoms with E-state index in [0.717, 1.165) is 5.56 Å². The largest absolute Gasteiger partial charge is 0.463 e. The van der Waals surface area contributed by atoms with Crippen molar-refractivity contribution >= 4 is 11.6 Å². The lowest BCUT2D eigenvalue weighted by Crippen LogP contribution is -2.04. The zero-order chi connectivity index (χ0) is 13.9. The van der Waals surface area contributed by atoms with E-state index in [2.05, 4.69) is 10.3 Å². The van der Waals surface area contributed by atoms with Gasteiger partial charge in [-0.15, -0.1) is 5.10 Å². The Morgan fingerprint density at radius 2 is 2.05 bits per heavy atom. The Labute approximate surface area is 120 Å². The fourth-order valence-electron chi connectivity index (χ4n) is 1.92. The van der Waals surface area contributed by atoms with Gasteiger partial charge in [-0.25, -0.2) is 4.68 Å². The molecule has 20 heavy (non-hydrogen) atoms. The van der Waals surface area contributed by atoms with Crippen molar-refractivity contribution < 1.29 is 4.42 Å². The van der Waals surface area contributed by atoms with Gasteiger partial charge in [-0.2, -0.15) is 5.26 Å². The van der Waals surface area contributed by atoms with Crippen molar-refractivity contribution in [3.63, 3.8) is 0 Å². The average Bonchev–Trinajstić information content (AvgIpc) is 3.10. The minimum atomic E-state index is 0.244. The van der Waals surface area contributed by atoms with Gasteiger partial charge in [0.05, 0.1) is 12.8 Å². The van der Waals surface area contributed by atoms with Crippen molar-refractivity contribution in [2.24, 2.45) is 0 Å². The quantitative estimate of drug-likeness (QED) is 0.741. The van der Waals surface area contributed by atoms with E-state index in [4.69, 9.17) is 21.3 Å². The van der Waals surface area contributed by atoms with Crippen LogP contribution in [0.2, 0.25) is 5.02 Å². The summed E-state index contributed by atoms with van der Waals surface area (Å²) < 4.78 is 6.98. The Hall–Kier alpha value is -2.58. The van der Waals surface area contributed by atoms with E-state index in [0.29, 0.717) is 23.0 Å². The van der Waals surface area contributed by atoms with Crippen molar-refractivity contribution in [3.8, 4) is 17.5 Å². The van der Waals surface area contributed by atoms with Crippen molar-refractivity contribution in [3.05, 3.63) is 58.9 Å². The highest BCUT2D eigenvalue weighted by molar-refractivity contribution is 6.30. The SMILES string of the molecule is N#Cc1nnn(Cc2ccc(Cl)cc2)c1-c1ccco1. The van der Waals surface area contributed by atoms with Gasteiger partial charge in [-0.1, -0.05) is 28.9 Å². The van der Waals surface area contributed by atoms with Crippen LogP contribution in [0.25, 0.3) is 11.5 Å². The first-order chi connectivity index (χ1) is 9.78. The molecule has 0 aliphatic rings. The van der Waals surface area contributed by atoms with Crippen LogP contribution in [-0.2, 0) is 6.54 Å². The summed E-state index contributed by atoms with van der Waals surface area (Å²) in [6.45, 7) is 0.488. The van der Waals surface area contributed by atoms with Crippen LogP contribution in [-0.4, -0.2) is 15.0 Å². The first-order valence-corrected chi connectivity index (χ1v) is 6.27. The molecule has 2 heterocycles. The number of benzene rings is 1. The van der Waals surface area contributed by atoms with Gasteiger partial charge in [-0.05, 0) is 29.8 Å². The lowest BCUT2D eigenvalue weighted by atomic mass is 10.2. The molecular weight excluding hydrogens is 276 g/mol. The van der Waals surface area contributed by atoms with Gasteiger partial charge in [0, 0.05) is 5.02 Å². The van der Waals surface area contributed by atoms with Crippen molar-refractivity contribution in [2.45, 2.75) is 6.54 Å². The molecule has 0 saturated carbocycles. The lowest BCUT2D eigenvalue weighted by molar-refractivity contribution is 0.566. The Bertz CT molecular complexity index is 754. The molecule has 1 aromatic carbocycles. The number of nitrogens with zero attached hydrogens (tertiary/aromatic N) is 4. The molecule has 3 aromatic rings. The first kappa shape index (κ1) is 12.5. The van der Waals surface area contributed by atoms with E-state index >= 15 is 0 Å². The number of furan rings is 1. The molecule has 0 saturated heterocycles. The molecule has 6 heteroatoms. The summed E-state index contributed by atoms with van der Waals surface area (Å²) in [4.78, 5) is 0. The van der Waals surface area contributed by atoms with E-state index in [1.54, 1.807) is 23.1 Å². The van der Waals surface area contributed by atoms with Crippen LogP contribution in [0, 0.1) is 11.3 Å². The summed E-state index contributed by atoms with van der Waals surface area (Å²) in [7, 11) is 0. The molecule has 0 bridgehead atoms. The number of nitriles is 1. The molecule has 98 valence electrons. The maximum atomic E-state index is 9.11. The molecule has 0 fully saturated rings. The molecule has 0 unspecified atom stereocenters. The van der Waals surface area contributed by atoms with Gasteiger partial charge in [-0.3, -0.25) is 0 Å². The Morgan fingerprint density at radius 3 is 2.70 bits per heavy atom. The Balaban J connectivity index is 2.00. The normalized spacial score (nSPS) is 10.4. The van der Waals surface area contributed by atoms with Crippen LogP contribution in [0.15, 0.2) is 47.1 Å². The van der Waals surface area contributed by atoms with Crippen molar-refractivity contribution in [2.75, 3.05) is 0 Å². The molecule has 0 radical (unpaired) electrons. The maximum Gasteiger partial charge on any atom is 0.193 e. The Morgan fingerprint density at radius 1 is 1.25 bits per heavy atom. The third-order valence-electron chi connectivity index (χ3n) is 2.84. The van der Waals surface area contributed by atoms with Crippen LogP contribution in [0.4, 0.5) is 0 Å². The standard InChI is InChI=1S/C14H9ClN4O/c15-11-5-3-10(4-6-11)9-19-14(12(8-16)17-18-19)13-2-1-7-20-13/h1-7H,9H2. The van der Waals surface area contributed by atoms with Crippen LogP contribution < -0.4 is 0 Å². The minimum absolute atomic E-state index is 0.244. The van der Waals surface area contributed by atoms with Gasteiger partial charge >= 0.3 is 0 Å². The van der Waals surface area contributed by atoms with E-state index in [1.165, 1.54) is 0 Å². The van der Waals surface area contributed by atoms with E-state index in [1.807, 2.05) is 30.3 Å². The number of hydrogen-bond acceptors (Lipinski definition) is 4. The summed E-state index contributed by atoms with van der Waals surface area (Å²) >= 11 is 5.86. The van der Waals surface area contributed by atoms with Gasteiger partial charge in [0.1, 0.15) is 11.8 Å². The van der Waals surface area contributed by atoms with E-state index < -0.39 is 0 Å². The second-order valence-electron chi connectivity index (χ2n) is 4.16. The zero-order valence-electron chi connectivity index (χ0n) is 10.3. The zero-order valence-corrected chi connectivity index (χ0v) is 11.1. The fourth-order valence-corrected chi connectivity index (χ4v) is 2.04. The second-order valence-corrected chi connectivity index (χ2v) is 4.60. The van der Waals surface area contributed by atoms with Crippen LogP contribution >= 0.6 is 11.6 Å². The van der Waals surface area contributed by atoms with Crippen LogP contribution in [0.3, 0.4) is 0 Å². The minimum Gasteiger partial charge on any atom is -0.463 e. The predicted molar refractivity (Wildman–Crippen MR) is 73.0 cm³/mol. The second kappa shape index (κ2) is 5.19. The third-order valence-corrected chi connectivity index (χ3v) is 3.09. The summed E-state index contributed by atoms with van der Waals surface area (Å²) in [5.41, 5.74) is 1.83. The summed E-state index contributed by atoms with van der Waals surface area (Å²) in [6.07, 6.45) is 1.55. The molecule has 0 N–H and O–H groups in total. The van der Waals surface area contributed by atoms with Crippen LogP contribution in [0.1, 0.15) is 11.3 Å². The molecule has 0 amide bonds. The highest BCUT2D eigenvalue weighted by Crippen LogP contribution is 2.23. The highest BCUT2D eigenvalue weighted by atomic mass is 35.5. The highest BCUT2D eigenvalue weighted by Gasteiger charge is 2.17. The predicted octanol–water partition coefficient (Wildman–Crippen LogP) is 3.11. The van der Waals surface area contributed by atoms with Gasteiger partial charge in [0.2, 0.25) is 0 Å². The van der Waals surface area contributed by atoms with Gasteiger partial charge in [0.25, 0.3) is 0 Å². The van der Waals surface area contributed by atoms with Crippen molar-refractivity contribution in [1.29, 1.82) is 5.26 Å². The summed E-state index contributed by atoms with van der Waals surface area (Å²) in [5, 5.41) is 17.7. The first-order valence-electron chi connectivity index (χ1n) is 5.90. The summed E-state index contributed by atoms with van der Waals surface area (Å²) in [5.74, 6) is 0.570. The lowest BCUT2D eigenvalue weighted by Gasteiger charge is -2.05. The summed E-state index contributed by atoms with van der Waals surface area (Å²) in [6, 6.07) is 13.0. The smallest absolute Gasteiger partial charge is 0.193 e. The van der Waals surface area contributed by atoms with Gasteiger partial charge < -0.3 is 4.42 Å². The van der Waals surface area contributed by atoms with Gasteiger partial charge in [0.15, 0.2) is 11.5 Å². The van der Waals surface area contributed by atoms with E-state index in [-0.39, 0.29) is 5.69 Å². The molecule has 0 atom stereocenters.